The number of methoxy groups -OCH3 is 1. The van der Waals surface area contributed by atoms with Gasteiger partial charge in [-0.2, -0.15) is 0 Å². The molecular formula is C34H40N2O7. The van der Waals surface area contributed by atoms with Crippen LogP contribution in [-0.4, -0.2) is 77.9 Å². The summed E-state index contributed by atoms with van der Waals surface area (Å²) in [6.45, 7) is 9.33. The first kappa shape index (κ1) is 30.5. The number of benzene rings is 2. The van der Waals surface area contributed by atoms with Crippen molar-refractivity contribution in [1.29, 1.82) is 0 Å². The van der Waals surface area contributed by atoms with Gasteiger partial charge in [-0.15, -0.1) is 13.2 Å². The molecule has 2 amide bonds. The van der Waals surface area contributed by atoms with E-state index < -0.39 is 41.1 Å². The zero-order valence-electron chi connectivity index (χ0n) is 24.8. The predicted octanol–water partition coefficient (Wildman–Crippen LogP) is 3.70. The van der Waals surface area contributed by atoms with E-state index in [-0.39, 0.29) is 31.6 Å². The highest BCUT2D eigenvalue weighted by Gasteiger charge is 2.79. The molecule has 1 spiro atoms. The van der Waals surface area contributed by atoms with Crippen LogP contribution in [0.2, 0.25) is 0 Å². The summed E-state index contributed by atoms with van der Waals surface area (Å²) in [5.41, 5.74) is -0.721. The lowest BCUT2D eigenvalue weighted by molar-refractivity contribution is -0.160. The Morgan fingerprint density at radius 3 is 2.49 bits per heavy atom. The summed E-state index contributed by atoms with van der Waals surface area (Å²) in [4.78, 5) is 46.0. The van der Waals surface area contributed by atoms with Crippen LogP contribution in [0, 0.1) is 11.8 Å². The monoisotopic (exact) mass is 588 g/mol. The number of hydrogen-bond donors (Lipinski definition) is 1. The van der Waals surface area contributed by atoms with Crippen LogP contribution in [0.5, 0.6) is 5.75 Å². The number of aliphatic hydroxyl groups is 1. The first-order valence-electron chi connectivity index (χ1n) is 14.8. The van der Waals surface area contributed by atoms with Gasteiger partial charge in [0.2, 0.25) is 5.91 Å². The highest BCUT2D eigenvalue weighted by molar-refractivity contribution is 6.05. The lowest BCUT2D eigenvalue weighted by atomic mass is 9.66. The molecule has 43 heavy (non-hydrogen) atoms. The number of amides is 2. The van der Waals surface area contributed by atoms with Crippen LogP contribution in [0.1, 0.15) is 31.7 Å². The molecule has 2 bridgehead atoms. The number of carbonyl (C=O) groups excluding carboxylic acids is 3. The van der Waals surface area contributed by atoms with E-state index in [1.54, 1.807) is 48.4 Å². The van der Waals surface area contributed by atoms with Crippen molar-refractivity contribution < 1.29 is 33.7 Å². The Morgan fingerprint density at radius 2 is 1.86 bits per heavy atom. The van der Waals surface area contributed by atoms with Gasteiger partial charge in [-0.05, 0) is 62.4 Å². The van der Waals surface area contributed by atoms with Gasteiger partial charge in [0.1, 0.15) is 23.3 Å². The van der Waals surface area contributed by atoms with Gasteiger partial charge in [-0.3, -0.25) is 14.4 Å². The molecule has 3 aliphatic heterocycles. The molecule has 3 aliphatic rings. The zero-order chi connectivity index (χ0) is 30.8. The maximum absolute atomic E-state index is 14.8. The summed E-state index contributed by atoms with van der Waals surface area (Å²) < 4.78 is 17.6. The van der Waals surface area contributed by atoms with Gasteiger partial charge in [0.25, 0.3) is 5.91 Å². The molecule has 0 radical (unpaired) electrons. The van der Waals surface area contributed by atoms with Gasteiger partial charge >= 0.3 is 5.97 Å². The third-order valence-electron chi connectivity index (χ3n) is 9.15. The minimum Gasteiger partial charge on any atom is -0.497 e. The van der Waals surface area contributed by atoms with Crippen molar-refractivity contribution in [3.8, 4) is 5.75 Å². The molecule has 0 aliphatic carbocycles. The first-order chi connectivity index (χ1) is 20.7. The van der Waals surface area contributed by atoms with E-state index in [0.29, 0.717) is 37.1 Å². The number of esters is 1. The minimum atomic E-state index is -1.26. The number of likely N-dealkylation sites (tertiary alicyclic amines) is 1. The highest BCUT2D eigenvalue weighted by Crippen LogP contribution is 2.63. The van der Waals surface area contributed by atoms with Crippen molar-refractivity contribution in [2.24, 2.45) is 11.8 Å². The molecule has 3 heterocycles. The van der Waals surface area contributed by atoms with Crippen LogP contribution in [0.4, 0.5) is 5.69 Å². The molecule has 228 valence electrons. The van der Waals surface area contributed by atoms with Gasteiger partial charge in [-0.25, -0.2) is 0 Å². The van der Waals surface area contributed by atoms with E-state index in [1.165, 1.54) is 4.90 Å². The van der Waals surface area contributed by atoms with Crippen LogP contribution in [0.25, 0.3) is 0 Å². The molecule has 3 fully saturated rings. The maximum atomic E-state index is 14.8. The fourth-order valence-electron chi connectivity index (χ4n) is 7.23. The van der Waals surface area contributed by atoms with Crippen molar-refractivity contribution in [3.63, 3.8) is 0 Å². The lowest BCUT2D eigenvalue weighted by Crippen LogP contribution is -2.59. The molecule has 9 nitrogen and oxygen atoms in total. The number of anilines is 1. The highest BCUT2D eigenvalue weighted by atomic mass is 16.6. The van der Waals surface area contributed by atoms with Crippen molar-refractivity contribution in [3.05, 3.63) is 85.5 Å². The fourth-order valence-corrected chi connectivity index (χ4v) is 7.23. The minimum absolute atomic E-state index is 0.146. The van der Waals surface area contributed by atoms with Crippen LogP contribution in [0.3, 0.4) is 0 Å². The Morgan fingerprint density at radius 1 is 1.14 bits per heavy atom. The van der Waals surface area contributed by atoms with Gasteiger partial charge in [0.15, 0.2) is 0 Å². The quantitative estimate of drug-likeness (QED) is 0.216. The lowest BCUT2D eigenvalue weighted by Gasteiger charge is -2.39. The normalized spacial score (nSPS) is 27.8. The molecule has 2 aromatic carbocycles. The van der Waals surface area contributed by atoms with E-state index in [9.17, 15) is 19.5 Å². The van der Waals surface area contributed by atoms with Crippen molar-refractivity contribution >= 4 is 23.5 Å². The molecule has 0 saturated carbocycles. The SMILES string of the molecule is C=CCCOC(=O)[C@@H]1[C@H]2C(=O)N([C@@H](CO)Cc3ccccc3)C(C(=O)N(CC=C)c3ccc(OC)cc3)C23CC[C@@]1(C)O3. The molecule has 2 unspecified atom stereocenters. The van der Waals surface area contributed by atoms with Crippen molar-refractivity contribution in [1.82, 2.24) is 4.90 Å². The Balaban J connectivity index is 1.60. The van der Waals surface area contributed by atoms with Gasteiger partial charge in [0, 0.05) is 12.2 Å². The number of ether oxygens (including phenoxy) is 3. The Hall–Kier alpha value is -3.95. The van der Waals surface area contributed by atoms with Crippen LogP contribution in [-0.2, 0) is 30.3 Å². The smallest absolute Gasteiger partial charge is 0.312 e. The van der Waals surface area contributed by atoms with Gasteiger partial charge in [-0.1, -0.05) is 42.5 Å². The van der Waals surface area contributed by atoms with E-state index >= 15 is 0 Å². The summed E-state index contributed by atoms with van der Waals surface area (Å²) in [6, 6.07) is 14.8. The number of rotatable bonds is 13. The summed E-state index contributed by atoms with van der Waals surface area (Å²) in [5, 5.41) is 10.7. The molecule has 5 rings (SSSR count). The topological polar surface area (TPSA) is 106 Å². The Bertz CT molecular complexity index is 1360. The fraction of sp³-hybridized carbons (Fsp3) is 0.441. The maximum Gasteiger partial charge on any atom is 0.312 e. The van der Waals surface area contributed by atoms with Crippen molar-refractivity contribution in [2.75, 3.05) is 31.8 Å². The average Bonchev–Trinajstić information content (AvgIpc) is 3.59. The summed E-state index contributed by atoms with van der Waals surface area (Å²) >= 11 is 0. The van der Waals surface area contributed by atoms with E-state index in [2.05, 4.69) is 13.2 Å². The Labute approximate surface area is 252 Å². The number of nitrogens with zero attached hydrogens (tertiary/aromatic N) is 2. The third kappa shape index (κ3) is 5.25. The summed E-state index contributed by atoms with van der Waals surface area (Å²) in [5.74, 6) is -2.43. The van der Waals surface area contributed by atoms with Gasteiger partial charge in [0.05, 0.1) is 37.9 Å². The van der Waals surface area contributed by atoms with Crippen LogP contribution < -0.4 is 9.64 Å². The largest absolute Gasteiger partial charge is 0.497 e. The molecule has 9 heteroatoms. The summed E-state index contributed by atoms with van der Waals surface area (Å²) in [6.07, 6.45) is 4.99. The van der Waals surface area contributed by atoms with E-state index in [1.807, 2.05) is 37.3 Å². The second-order valence-electron chi connectivity index (χ2n) is 11.7. The molecule has 1 N–H and O–H groups in total. The van der Waals surface area contributed by atoms with Crippen molar-refractivity contribution in [2.45, 2.75) is 55.9 Å². The van der Waals surface area contributed by atoms with Crippen LogP contribution in [0.15, 0.2) is 79.9 Å². The number of fused-ring (bicyclic) bond motifs is 1. The van der Waals surface area contributed by atoms with E-state index in [0.717, 1.165) is 5.56 Å². The predicted molar refractivity (Wildman–Crippen MR) is 161 cm³/mol. The third-order valence-corrected chi connectivity index (χ3v) is 9.15. The number of aliphatic hydroxyl groups excluding tert-OH is 1. The molecule has 3 saturated heterocycles. The second-order valence-corrected chi connectivity index (χ2v) is 11.7. The van der Waals surface area contributed by atoms with Gasteiger partial charge < -0.3 is 29.1 Å². The standard InChI is InChI=1S/C34H40N2O7/c1-5-7-20-42-32(40)28-27-30(38)36(25(22-37)21-23-11-9-8-10-12-23)29(34(27)18-17-33(28,3)43-34)31(39)35(19-6-2)24-13-15-26(41-4)16-14-24/h5-6,8-16,25,27-29,37H,1-2,7,17-22H2,3-4H3/t25-,27+,28+,29?,33-,34?/m1/s1. The second kappa shape index (κ2) is 12.3. The molecule has 2 aromatic rings. The zero-order valence-corrected chi connectivity index (χ0v) is 24.8. The number of hydrogen-bond acceptors (Lipinski definition) is 7. The average molecular weight is 589 g/mol. The Kier molecular flexibility index (Phi) is 8.76. The first-order valence-corrected chi connectivity index (χ1v) is 14.8. The molecular weight excluding hydrogens is 548 g/mol. The molecule has 0 aromatic heterocycles. The van der Waals surface area contributed by atoms with Crippen LogP contribution >= 0.6 is 0 Å². The number of carbonyl (C=O) groups is 3. The van der Waals surface area contributed by atoms with E-state index in [4.69, 9.17) is 14.2 Å². The summed E-state index contributed by atoms with van der Waals surface area (Å²) in [7, 11) is 1.57. The molecule has 6 atom stereocenters.